The molecule has 2 rings (SSSR count). The summed E-state index contributed by atoms with van der Waals surface area (Å²) in [7, 11) is 0. The summed E-state index contributed by atoms with van der Waals surface area (Å²) in [4.78, 5) is 0. The van der Waals surface area contributed by atoms with Crippen molar-refractivity contribution in [1.29, 1.82) is 0 Å². The summed E-state index contributed by atoms with van der Waals surface area (Å²) < 4.78 is 19.1. The number of benzene rings is 1. The second-order valence-electron chi connectivity index (χ2n) is 5.81. The maximum absolute atomic E-state index is 13.6. The lowest BCUT2D eigenvalue weighted by Crippen LogP contribution is -2.41. The van der Waals surface area contributed by atoms with Crippen LogP contribution in [0.5, 0.6) is 0 Å². The molecule has 0 spiro atoms. The van der Waals surface area contributed by atoms with Crippen molar-refractivity contribution in [2.75, 3.05) is 19.8 Å². The van der Waals surface area contributed by atoms with Crippen molar-refractivity contribution >= 4 is 0 Å². The molecule has 0 aromatic heterocycles. The number of halogens is 1. The molecule has 0 amide bonds. The van der Waals surface area contributed by atoms with Gasteiger partial charge in [-0.1, -0.05) is 32.0 Å². The molecule has 2 nitrogen and oxygen atoms in total. The lowest BCUT2D eigenvalue weighted by atomic mass is 9.75. The molecule has 0 aliphatic heterocycles. The van der Waals surface area contributed by atoms with E-state index in [0.29, 0.717) is 17.9 Å². The Morgan fingerprint density at radius 2 is 2.05 bits per heavy atom. The molecular weight excluding hydrogens is 241 g/mol. The molecule has 0 bridgehead atoms. The number of ether oxygens (including phenoxy) is 1. The fourth-order valence-electron chi connectivity index (χ4n) is 2.50. The van der Waals surface area contributed by atoms with Crippen molar-refractivity contribution in [1.82, 2.24) is 5.32 Å². The maximum atomic E-state index is 13.6. The van der Waals surface area contributed by atoms with Crippen LogP contribution in [0.4, 0.5) is 4.39 Å². The van der Waals surface area contributed by atoms with Crippen molar-refractivity contribution in [2.24, 2.45) is 5.92 Å². The molecule has 19 heavy (non-hydrogen) atoms. The molecule has 1 saturated carbocycles. The van der Waals surface area contributed by atoms with E-state index >= 15 is 0 Å². The molecule has 1 aliphatic carbocycles. The molecule has 0 atom stereocenters. The van der Waals surface area contributed by atoms with E-state index in [4.69, 9.17) is 4.74 Å². The van der Waals surface area contributed by atoms with Gasteiger partial charge in [0, 0.05) is 19.2 Å². The highest BCUT2D eigenvalue weighted by molar-refractivity contribution is 5.24. The second kappa shape index (κ2) is 7.01. The van der Waals surface area contributed by atoms with Crippen molar-refractivity contribution in [3.05, 3.63) is 35.6 Å². The summed E-state index contributed by atoms with van der Waals surface area (Å²) in [5, 5.41) is 3.46. The first kappa shape index (κ1) is 14.5. The molecule has 1 fully saturated rings. The molecule has 0 radical (unpaired) electrons. The predicted octanol–water partition coefficient (Wildman–Crippen LogP) is 3.33. The lowest BCUT2D eigenvalue weighted by Gasteiger charge is -2.36. The molecule has 106 valence electrons. The molecule has 0 saturated heterocycles. The van der Waals surface area contributed by atoms with Gasteiger partial charge in [0.1, 0.15) is 5.82 Å². The van der Waals surface area contributed by atoms with Crippen LogP contribution in [0.15, 0.2) is 24.3 Å². The Kier molecular flexibility index (Phi) is 5.34. The molecule has 0 heterocycles. The average Bonchev–Trinajstić information content (AvgIpc) is 2.32. The molecule has 1 N–H and O–H groups in total. The van der Waals surface area contributed by atoms with Crippen LogP contribution in [0.1, 0.15) is 38.2 Å². The highest BCUT2D eigenvalue weighted by Gasteiger charge is 2.31. The summed E-state index contributed by atoms with van der Waals surface area (Å²) in [6, 6.07) is 7.64. The summed E-state index contributed by atoms with van der Waals surface area (Å²) in [5.41, 5.74) is 0.872. The zero-order chi connectivity index (χ0) is 13.7. The predicted molar refractivity (Wildman–Crippen MR) is 75.8 cm³/mol. The van der Waals surface area contributed by atoms with Crippen LogP contribution < -0.4 is 5.32 Å². The van der Waals surface area contributed by atoms with E-state index in [1.807, 2.05) is 12.1 Å². The zero-order valence-electron chi connectivity index (χ0n) is 11.9. The Hall–Kier alpha value is -0.930. The molecule has 3 heteroatoms. The molecule has 1 aliphatic rings. The van der Waals surface area contributed by atoms with E-state index < -0.39 is 0 Å². The third-order valence-electron chi connectivity index (χ3n) is 3.61. The maximum Gasteiger partial charge on any atom is 0.126 e. The monoisotopic (exact) mass is 265 g/mol. The standard InChI is InChI=1S/C16H24FNO/c1-12(2)11-19-8-7-18-14-9-13(10-14)15-5-3-4-6-16(15)17/h3-6,12-14,18H,7-11H2,1-2H3. The normalized spacial score (nSPS) is 22.5. The minimum atomic E-state index is -0.0637. The van der Waals surface area contributed by atoms with Gasteiger partial charge in [0.25, 0.3) is 0 Å². The van der Waals surface area contributed by atoms with Gasteiger partial charge < -0.3 is 10.1 Å². The molecular formula is C16H24FNO. The minimum absolute atomic E-state index is 0.0637. The van der Waals surface area contributed by atoms with Gasteiger partial charge in [-0.15, -0.1) is 0 Å². The highest BCUT2D eigenvalue weighted by Crippen LogP contribution is 2.37. The summed E-state index contributed by atoms with van der Waals surface area (Å²) >= 11 is 0. The van der Waals surface area contributed by atoms with Gasteiger partial charge in [0.2, 0.25) is 0 Å². The number of nitrogens with one attached hydrogen (secondary N) is 1. The van der Waals surface area contributed by atoms with Crippen LogP contribution in [0.25, 0.3) is 0 Å². The molecule has 1 aromatic rings. The van der Waals surface area contributed by atoms with Crippen LogP contribution in [0.3, 0.4) is 0 Å². The smallest absolute Gasteiger partial charge is 0.126 e. The SMILES string of the molecule is CC(C)COCCNC1CC(c2ccccc2F)C1. The second-order valence-corrected chi connectivity index (χ2v) is 5.81. The topological polar surface area (TPSA) is 21.3 Å². The van der Waals surface area contributed by atoms with Crippen LogP contribution in [-0.2, 0) is 4.74 Å². The summed E-state index contributed by atoms with van der Waals surface area (Å²) in [6.45, 7) is 6.78. The molecule has 0 unspecified atom stereocenters. The quantitative estimate of drug-likeness (QED) is 0.764. The van der Waals surface area contributed by atoms with E-state index in [9.17, 15) is 4.39 Å². The Labute approximate surface area is 115 Å². The first-order valence-electron chi connectivity index (χ1n) is 7.22. The third-order valence-corrected chi connectivity index (χ3v) is 3.61. The average molecular weight is 265 g/mol. The Morgan fingerprint density at radius 3 is 2.74 bits per heavy atom. The minimum Gasteiger partial charge on any atom is -0.380 e. The largest absolute Gasteiger partial charge is 0.380 e. The fraction of sp³-hybridized carbons (Fsp3) is 0.625. The van der Waals surface area contributed by atoms with E-state index in [-0.39, 0.29) is 5.82 Å². The van der Waals surface area contributed by atoms with E-state index in [1.54, 1.807) is 12.1 Å². The van der Waals surface area contributed by atoms with Gasteiger partial charge in [0.05, 0.1) is 6.61 Å². The van der Waals surface area contributed by atoms with Gasteiger partial charge >= 0.3 is 0 Å². The third kappa shape index (κ3) is 4.29. The first-order chi connectivity index (χ1) is 9.16. The number of hydrogen-bond acceptors (Lipinski definition) is 2. The van der Waals surface area contributed by atoms with Gasteiger partial charge in [-0.25, -0.2) is 4.39 Å². The summed E-state index contributed by atoms with van der Waals surface area (Å²) in [5.74, 6) is 0.913. The van der Waals surface area contributed by atoms with Gasteiger partial charge in [-0.05, 0) is 36.3 Å². The Morgan fingerprint density at radius 1 is 1.32 bits per heavy atom. The Balaban J connectivity index is 1.60. The van der Waals surface area contributed by atoms with Crippen LogP contribution in [-0.4, -0.2) is 25.8 Å². The van der Waals surface area contributed by atoms with Crippen molar-refractivity contribution in [3.8, 4) is 0 Å². The number of hydrogen-bond donors (Lipinski definition) is 1. The molecule has 1 aromatic carbocycles. The summed E-state index contributed by atoms with van der Waals surface area (Å²) in [6.07, 6.45) is 2.07. The van der Waals surface area contributed by atoms with Crippen LogP contribution in [0, 0.1) is 11.7 Å². The fourth-order valence-corrected chi connectivity index (χ4v) is 2.50. The highest BCUT2D eigenvalue weighted by atomic mass is 19.1. The van der Waals surface area contributed by atoms with Crippen LogP contribution in [0.2, 0.25) is 0 Å². The zero-order valence-corrected chi connectivity index (χ0v) is 11.9. The number of rotatable bonds is 7. The van der Waals surface area contributed by atoms with Crippen LogP contribution >= 0.6 is 0 Å². The van der Waals surface area contributed by atoms with Gasteiger partial charge in [-0.3, -0.25) is 0 Å². The van der Waals surface area contributed by atoms with E-state index in [2.05, 4.69) is 19.2 Å². The lowest BCUT2D eigenvalue weighted by molar-refractivity contribution is 0.106. The van der Waals surface area contributed by atoms with E-state index in [0.717, 1.165) is 38.2 Å². The Bertz CT molecular complexity index is 388. The first-order valence-corrected chi connectivity index (χ1v) is 7.22. The van der Waals surface area contributed by atoms with Crippen molar-refractivity contribution in [3.63, 3.8) is 0 Å². The van der Waals surface area contributed by atoms with Crippen molar-refractivity contribution < 1.29 is 9.13 Å². The van der Waals surface area contributed by atoms with Gasteiger partial charge in [0.15, 0.2) is 0 Å². The van der Waals surface area contributed by atoms with E-state index in [1.165, 1.54) is 0 Å². The van der Waals surface area contributed by atoms with Crippen molar-refractivity contribution in [2.45, 2.75) is 38.6 Å². The van der Waals surface area contributed by atoms with Gasteiger partial charge in [-0.2, -0.15) is 0 Å².